The van der Waals surface area contributed by atoms with Crippen molar-refractivity contribution in [3.05, 3.63) is 23.8 Å². The Morgan fingerprint density at radius 2 is 2.37 bits per heavy atom. The SMILES string of the molecule is COC(=O)c1ccc(N(C)CC2CCCO2)c(N)c1. The van der Waals surface area contributed by atoms with E-state index in [2.05, 4.69) is 9.64 Å². The molecule has 5 nitrogen and oxygen atoms in total. The van der Waals surface area contributed by atoms with Crippen molar-refractivity contribution in [3.8, 4) is 0 Å². The van der Waals surface area contributed by atoms with Gasteiger partial charge in [-0.2, -0.15) is 0 Å². The van der Waals surface area contributed by atoms with E-state index in [1.54, 1.807) is 12.1 Å². The minimum absolute atomic E-state index is 0.268. The van der Waals surface area contributed by atoms with E-state index in [4.69, 9.17) is 10.5 Å². The molecule has 2 N–H and O–H groups in total. The fourth-order valence-corrected chi connectivity index (χ4v) is 2.34. The summed E-state index contributed by atoms with van der Waals surface area (Å²) in [5.74, 6) is -0.375. The molecule has 0 amide bonds. The summed E-state index contributed by atoms with van der Waals surface area (Å²) in [7, 11) is 3.33. The molecule has 5 heteroatoms. The Kier molecular flexibility index (Phi) is 4.27. The van der Waals surface area contributed by atoms with Gasteiger partial charge in [-0.3, -0.25) is 0 Å². The monoisotopic (exact) mass is 264 g/mol. The molecule has 0 aromatic heterocycles. The van der Waals surface area contributed by atoms with E-state index in [9.17, 15) is 4.79 Å². The van der Waals surface area contributed by atoms with Gasteiger partial charge in [0.2, 0.25) is 0 Å². The zero-order chi connectivity index (χ0) is 13.8. The number of anilines is 2. The lowest BCUT2D eigenvalue weighted by molar-refractivity contribution is 0.0601. The summed E-state index contributed by atoms with van der Waals surface area (Å²) < 4.78 is 10.3. The molecule has 2 rings (SSSR count). The van der Waals surface area contributed by atoms with Crippen LogP contribution in [0.25, 0.3) is 0 Å². The smallest absolute Gasteiger partial charge is 0.337 e. The lowest BCUT2D eigenvalue weighted by Crippen LogP contribution is -2.29. The number of likely N-dealkylation sites (N-methyl/N-ethyl adjacent to an activating group) is 1. The van der Waals surface area contributed by atoms with E-state index in [1.807, 2.05) is 13.1 Å². The number of carbonyl (C=O) groups excluding carboxylic acids is 1. The standard InChI is InChI=1S/C14H20N2O3/c1-16(9-11-4-3-7-19-11)13-6-5-10(8-12(13)15)14(17)18-2/h5-6,8,11H,3-4,7,9,15H2,1-2H3. The van der Waals surface area contributed by atoms with E-state index < -0.39 is 0 Å². The number of carbonyl (C=O) groups is 1. The van der Waals surface area contributed by atoms with Gasteiger partial charge < -0.3 is 20.1 Å². The zero-order valence-corrected chi connectivity index (χ0v) is 11.4. The van der Waals surface area contributed by atoms with Crippen molar-refractivity contribution in [2.45, 2.75) is 18.9 Å². The first kappa shape index (κ1) is 13.7. The van der Waals surface area contributed by atoms with Crippen molar-refractivity contribution in [3.63, 3.8) is 0 Å². The first-order valence-corrected chi connectivity index (χ1v) is 6.42. The molecule has 0 saturated carbocycles. The van der Waals surface area contributed by atoms with Crippen LogP contribution in [0.1, 0.15) is 23.2 Å². The molecule has 0 aliphatic carbocycles. The van der Waals surface area contributed by atoms with Crippen LogP contribution in [0.5, 0.6) is 0 Å². The third kappa shape index (κ3) is 3.17. The number of methoxy groups -OCH3 is 1. The maximum absolute atomic E-state index is 11.4. The molecular weight excluding hydrogens is 244 g/mol. The summed E-state index contributed by atoms with van der Waals surface area (Å²) in [6, 6.07) is 5.22. The Bertz CT molecular complexity index is 456. The highest BCUT2D eigenvalue weighted by atomic mass is 16.5. The molecule has 0 bridgehead atoms. The van der Waals surface area contributed by atoms with Gasteiger partial charge in [-0.1, -0.05) is 0 Å². The number of hydrogen-bond acceptors (Lipinski definition) is 5. The van der Waals surface area contributed by atoms with Crippen molar-refractivity contribution in [2.24, 2.45) is 0 Å². The molecule has 1 heterocycles. The number of esters is 1. The Morgan fingerprint density at radius 3 is 2.95 bits per heavy atom. The fraction of sp³-hybridized carbons (Fsp3) is 0.500. The Balaban J connectivity index is 2.08. The minimum Gasteiger partial charge on any atom is -0.465 e. The number of nitrogens with two attached hydrogens (primary N) is 1. The topological polar surface area (TPSA) is 64.8 Å². The molecule has 0 spiro atoms. The second-order valence-corrected chi connectivity index (χ2v) is 4.78. The van der Waals surface area contributed by atoms with Crippen LogP contribution in [0.2, 0.25) is 0 Å². The number of benzene rings is 1. The lowest BCUT2D eigenvalue weighted by atomic mass is 10.1. The number of hydrogen-bond donors (Lipinski definition) is 1. The molecule has 1 aromatic rings. The van der Waals surface area contributed by atoms with Crippen molar-refractivity contribution >= 4 is 17.3 Å². The predicted octanol–water partition coefficient (Wildman–Crippen LogP) is 1.67. The molecule has 19 heavy (non-hydrogen) atoms. The fourth-order valence-electron chi connectivity index (χ4n) is 2.34. The summed E-state index contributed by atoms with van der Waals surface area (Å²) in [5.41, 5.74) is 7.94. The third-order valence-electron chi connectivity index (χ3n) is 3.36. The quantitative estimate of drug-likeness (QED) is 0.662. The van der Waals surface area contributed by atoms with Gasteiger partial charge in [0.1, 0.15) is 0 Å². The number of nitrogen functional groups attached to an aromatic ring is 1. The largest absolute Gasteiger partial charge is 0.465 e. The average molecular weight is 264 g/mol. The van der Waals surface area contributed by atoms with Gasteiger partial charge in [0.25, 0.3) is 0 Å². The Hall–Kier alpha value is -1.75. The second-order valence-electron chi connectivity index (χ2n) is 4.78. The first-order valence-electron chi connectivity index (χ1n) is 6.42. The van der Waals surface area contributed by atoms with E-state index in [-0.39, 0.29) is 12.1 Å². The summed E-state index contributed by atoms with van der Waals surface area (Å²) in [6.07, 6.45) is 2.48. The van der Waals surface area contributed by atoms with E-state index in [0.29, 0.717) is 11.3 Å². The number of ether oxygens (including phenoxy) is 2. The van der Waals surface area contributed by atoms with Gasteiger partial charge in [-0.25, -0.2) is 4.79 Å². The highest BCUT2D eigenvalue weighted by molar-refractivity contribution is 5.91. The summed E-state index contributed by atoms with van der Waals surface area (Å²) in [5, 5.41) is 0. The third-order valence-corrected chi connectivity index (χ3v) is 3.36. The van der Waals surface area contributed by atoms with Crippen molar-refractivity contribution in [1.29, 1.82) is 0 Å². The molecule has 1 saturated heterocycles. The predicted molar refractivity (Wildman–Crippen MR) is 74.4 cm³/mol. The molecule has 1 aromatic carbocycles. The Labute approximate surface area is 113 Å². The van der Waals surface area contributed by atoms with Crippen molar-refractivity contribution in [2.75, 3.05) is 37.9 Å². The molecule has 1 unspecified atom stereocenters. The van der Waals surface area contributed by atoms with Gasteiger partial charge in [0.15, 0.2) is 0 Å². The lowest BCUT2D eigenvalue weighted by Gasteiger charge is -2.24. The van der Waals surface area contributed by atoms with Crippen LogP contribution in [0.15, 0.2) is 18.2 Å². The molecular formula is C14H20N2O3. The van der Waals surface area contributed by atoms with Gasteiger partial charge in [-0.05, 0) is 31.0 Å². The molecule has 1 aliphatic heterocycles. The van der Waals surface area contributed by atoms with E-state index in [0.717, 1.165) is 31.7 Å². The maximum Gasteiger partial charge on any atom is 0.337 e. The van der Waals surface area contributed by atoms with Crippen LogP contribution in [-0.2, 0) is 9.47 Å². The second kappa shape index (κ2) is 5.93. The van der Waals surface area contributed by atoms with Gasteiger partial charge in [-0.15, -0.1) is 0 Å². The summed E-state index contributed by atoms with van der Waals surface area (Å²) in [6.45, 7) is 1.65. The average Bonchev–Trinajstić information content (AvgIpc) is 2.90. The highest BCUT2D eigenvalue weighted by Gasteiger charge is 2.19. The highest BCUT2D eigenvalue weighted by Crippen LogP contribution is 2.25. The molecule has 1 fully saturated rings. The van der Waals surface area contributed by atoms with Crippen molar-refractivity contribution in [1.82, 2.24) is 0 Å². The molecule has 1 atom stereocenters. The zero-order valence-electron chi connectivity index (χ0n) is 11.4. The Morgan fingerprint density at radius 1 is 1.58 bits per heavy atom. The van der Waals surface area contributed by atoms with Crippen LogP contribution in [0.4, 0.5) is 11.4 Å². The number of rotatable bonds is 4. The minimum atomic E-state index is -0.375. The normalized spacial score (nSPS) is 18.3. The van der Waals surface area contributed by atoms with Gasteiger partial charge >= 0.3 is 5.97 Å². The van der Waals surface area contributed by atoms with E-state index >= 15 is 0 Å². The van der Waals surface area contributed by atoms with E-state index in [1.165, 1.54) is 7.11 Å². The maximum atomic E-state index is 11.4. The molecule has 1 aliphatic rings. The summed E-state index contributed by atoms with van der Waals surface area (Å²) >= 11 is 0. The molecule has 0 radical (unpaired) electrons. The van der Waals surface area contributed by atoms with Gasteiger partial charge in [0.05, 0.1) is 30.2 Å². The van der Waals surface area contributed by atoms with Crippen LogP contribution >= 0.6 is 0 Å². The van der Waals surface area contributed by atoms with Crippen LogP contribution in [0, 0.1) is 0 Å². The molecule has 104 valence electrons. The van der Waals surface area contributed by atoms with Crippen LogP contribution in [-0.4, -0.2) is 39.4 Å². The number of nitrogens with zero attached hydrogens (tertiary/aromatic N) is 1. The van der Waals surface area contributed by atoms with Gasteiger partial charge in [0, 0.05) is 20.2 Å². The van der Waals surface area contributed by atoms with Crippen molar-refractivity contribution < 1.29 is 14.3 Å². The van der Waals surface area contributed by atoms with Crippen LogP contribution in [0.3, 0.4) is 0 Å². The van der Waals surface area contributed by atoms with Crippen LogP contribution < -0.4 is 10.6 Å². The summed E-state index contributed by atoms with van der Waals surface area (Å²) in [4.78, 5) is 13.5. The first-order chi connectivity index (χ1) is 9.11.